The maximum Gasteiger partial charge on any atom is 0.164 e. The third-order valence-corrected chi connectivity index (χ3v) is 28.9. The largest absolute Gasteiger partial charge is 0.308 e. The van der Waals surface area contributed by atoms with E-state index in [1.165, 1.54) is 56.8 Å². The molecule has 0 N–H and O–H groups in total. The van der Waals surface area contributed by atoms with Gasteiger partial charge in [0.15, 0.2) is 34.9 Å². The fraction of sp³-hybridized carbons (Fsp3) is 0.00826. The Morgan fingerprint density at radius 3 is 1.17 bits per heavy atom. The topological polar surface area (TPSA) is 97.1 Å². The molecule has 0 amide bonds. The Morgan fingerprint density at radius 1 is 0.233 bits per heavy atom. The molecule has 8 aromatic heterocycles. The van der Waals surface area contributed by atoms with Crippen LogP contribution < -0.4 is 0 Å². The number of fused-ring (bicyclic) bond motifs is 20. The number of thiophene rings is 2. The molecule has 12 heteroatoms. The number of allylic oxidation sites excluding steroid dienone is 2. The van der Waals surface area contributed by atoms with Crippen molar-refractivity contribution in [3.05, 3.63) is 443 Å². The second-order valence-electron chi connectivity index (χ2n) is 34.0. The molecule has 0 unspecified atom stereocenters. The van der Waals surface area contributed by atoms with E-state index in [1.54, 1.807) is 0 Å². The lowest BCUT2D eigenvalue weighted by atomic mass is 9.95. The first-order chi connectivity index (χ1) is 65.9. The number of aromatic nitrogens is 10. The van der Waals surface area contributed by atoms with Gasteiger partial charge in [-0.05, 0) is 155 Å². The smallest absolute Gasteiger partial charge is 0.164 e. The van der Waals surface area contributed by atoms with Crippen molar-refractivity contribution in [3.63, 3.8) is 0 Å². The Balaban J connectivity index is 0.638. The zero-order chi connectivity index (χ0) is 87.9. The Kier molecular flexibility index (Phi) is 18.2. The highest BCUT2D eigenvalue weighted by Gasteiger charge is 2.29. The van der Waals surface area contributed by atoms with E-state index in [1.807, 2.05) is 71.2 Å². The highest BCUT2D eigenvalue weighted by molar-refractivity contribution is 7.28. The maximum absolute atomic E-state index is 5.56. The number of hydrogen-bond donors (Lipinski definition) is 0. The van der Waals surface area contributed by atoms with Crippen molar-refractivity contribution in [1.29, 1.82) is 0 Å². The fourth-order valence-corrected chi connectivity index (χ4v) is 23.2. The quantitative estimate of drug-likeness (QED) is 0.0894. The Bertz CT molecular complexity index is 9270. The summed E-state index contributed by atoms with van der Waals surface area (Å²) in [5.41, 5.74) is 28.7. The summed E-state index contributed by atoms with van der Waals surface area (Å²) in [7, 11) is 0. The summed E-state index contributed by atoms with van der Waals surface area (Å²) in [5.74, 6) is 3.50. The predicted octanol–water partition coefficient (Wildman–Crippen LogP) is 32.2. The minimum Gasteiger partial charge on any atom is -0.308 e. The molecule has 0 fully saturated rings. The van der Waals surface area contributed by atoms with Gasteiger partial charge in [-0.25, -0.2) is 29.9 Å². The van der Waals surface area contributed by atoms with Gasteiger partial charge in [0.1, 0.15) is 0 Å². The van der Waals surface area contributed by atoms with Crippen molar-refractivity contribution in [2.45, 2.75) is 6.92 Å². The van der Waals surface area contributed by atoms with E-state index in [0.29, 0.717) is 34.9 Å². The summed E-state index contributed by atoms with van der Waals surface area (Å²) in [5, 5.41) is 13.0. The third-order valence-electron chi connectivity index (χ3n) is 26.5. The molecule has 0 aliphatic heterocycles. The number of hydrogen-bond acceptors (Lipinski definition) is 8. The molecule has 133 heavy (non-hydrogen) atoms. The molecule has 10 nitrogen and oxygen atoms in total. The van der Waals surface area contributed by atoms with Crippen LogP contribution in [0.25, 0.3) is 258 Å². The van der Waals surface area contributed by atoms with Crippen molar-refractivity contribution in [1.82, 2.24) is 48.2 Å². The zero-order valence-electron chi connectivity index (χ0n) is 72.0. The number of aryl methyl sites for hydroxylation is 1. The molecular weight excluding hydrogens is 1660 g/mol. The molecule has 0 aliphatic carbocycles. The molecule has 0 spiro atoms. The molecule has 26 aromatic rings. The number of rotatable bonds is 16. The molecule has 26 rings (SSSR count). The van der Waals surface area contributed by atoms with E-state index in [-0.39, 0.29) is 0 Å². The maximum atomic E-state index is 5.56. The van der Waals surface area contributed by atoms with Crippen molar-refractivity contribution in [2.75, 3.05) is 0 Å². The summed E-state index contributed by atoms with van der Waals surface area (Å²) in [4.78, 5) is 32.2. The predicted molar refractivity (Wildman–Crippen MR) is 557 cm³/mol. The monoisotopic (exact) mass is 1730 g/mol. The van der Waals surface area contributed by atoms with E-state index >= 15 is 0 Å². The molecule has 622 valence electrons. The first-order valence-electron chi connectivity index (χ1n) is 44.8. The van der Waals surface area contributed by atoms with E-state index in [9.17, 15) is 0 Å². The van der Waals surface area contributed by atoms with E-state index < -0.39 is 0 Å². The lowest BCUT2D eigenvalue weighted by molar-refractivity contribution is 1.07. The average Bonchev–Trinajstić information content (AvgIpc) is 1.53. The minimum absolute atomic E-state index is 0.563. The van der Waals surface area contributed by atoms with Crippen molar-refractivity contribution >= 4 is 145 Å². The van der Waals surface area contributed by atoms with Gasteiger partial charge in [0, 0.05) is 121 Å². The van der Waals surface area contributed by atoms with Crippen LogP contribution in [0, 0.1) is 6.92 Å². The van der Waals surface area contributed by atoms with Crippen LogP contribution in [0.2, 0.25) is 0 Å². The molecule has 8 heterocycles. The second kappa shape index (κ2) is 31.4. The fourth-order valence-electron chi connectivity index (χ4n) is 20.4. The van der Waals surface area contributed by atoms with Crippen LogP contribution >= 0.6 is 22.7 Å². The molecule has 0 aliphatic rings. The highest BCUT2D eigenvalue weighted by Crippen LogP contribution is 2.53. The molecule has 0 saturated heterocycles. The van der Waals surface area contributed by atoms with Crippen LogP contribution in [-0.2, 0) is 0 Å². The van der Waals surface area contributed by atoms with Crippen LogP contribution in [0.5, 0.6) is 0 Å². The molecule has 0 saturated carbocycles. The van der Waals surface area contributed by atoms with Gasteiger partial charge < -0.3 is 18.3 Å². The van der Waals surface area contributed by atoms with Gasteiger partial charge >= 0.3 is 0 Å². The average molecular weight is 1730 g/mol. The Hall–Kier alpha value is -17.2. The first-order valence-corrected chi connectivity index (χ1v) is 46.5. The summed E-state index contributed by atoms with van der Waals surface area (Å²) in [6.07, 6.45) is 6.13. The molecule has 0 radical (unpaired) electrons. The second-order valence-corrected chi connectivity index (χ2v) is 36.0. The summed E-state index contributed by atoms with van der Waals surface area (Å²) >= 11 is 3.76. The number of benzene rings is 18. The van der Waals surface area contributed by atoms with Crippen LogP contribution in [-0.4, -0.2) is 48.2 Å². The van der Waals surface area contributed by atoms with Crippen LogP contribution in [0.4, 0.5) is 0 Å². The molecule has 0 bridgehead atoms. The van der Waals surface area contributed by atoms with E-state index in [4.69, 9.17) is 29.9 Å². The van der Waals surface area contributed by atoms with E-state index in [2.05, 4.69) is 414 Å². The Labute approximate surface area is 772 Å². The molecule has 18 aromatic carbocycles. The number of para-hydroxylation sites is 4. The summed E-state index contributed by atoms with van der Waals surface area (Å²) in [6.45, 7) is 6.37. The van der Waals surface area contributed by atoms with Gasteiger partial charge in [0.05, 0.1) is 63.1 Å². The van der Waals surface area contributed by atoms with Crippen molar-refractivity contribution < 1.29 is 0 Å². The molecular formula is C121H76N10S2. The molecule has 0 atom stereocenters. The SMILES string of the molecule is C=C/C=C\c1c(C)c2ccc3c4ccc5c6ccccc6n(-c6ccc(-c7nc(-c8ccccc8)nc(-c8cccc(-c9cc%10c%11ccccc%11n(-c%11cccc(-c%12ccccc%12)c%11)c%10c%10sc%11c(ccc%12c%13ccccc%13n(-c%13ccc(-c%14nc(-c%15ccccc%15)nc(-c%15ccccc%15-c%15ccccc%15)n%14)cc%13)c%12%11)c9%10)c8)n7)cc6)c5c4sc3c2n1-c1ccccc1-c1ccccc1. The van der Waals surface area contributed by atoms with Crippen molar-refractivity contribution in [3.8, 4) is 136 Å². The minimum atomic E-state index is 0.563. The highest BCUT2D eigenvalue weighted by atomic mass is 32.1. The van der Waals surface area contributed by atoms with E-state index in [0.717, 1.165) is 172 Å². The van der Waals surface area contributed by atoms with Gasteiger partial charge in [0.2, 0.25) is 0 Å². The van der Waals surface area contributed by atoms with Gasteiger partial charge in [-0.3, -0.25) is 0 Å². The lowest BCUT2D eigenvalue weighted by Crippen LogP contribution is -2.01. The van der Waals surface area contributed by atoms with Crippen LogP contribution in [0.1, 0.15) is 11.3 Å². The van der Waals surface area contributed by atoms with Crippen LogP contribution in [0.3, 0.4) is 0 Å². The normalized spacial score (nSPS) is 11.9. The first kappa shape index (κ1) is 77.0. The van der Waals surface area contributed by atoms with Crippen LogP contribution in [0.15, 0.2) is 431 Å². The summed E-state index contributed by atoms with van der Waals surface area (Å²) in [6, 6.07) is 148. The third kappa shape index (κ3) is 12.6. The standard InChI is InChI=1S/C121H76N10S2/c1-3-4-52-102-74(2)88-65-68-96-97-69-66-94-91-48-23-27-54-104(91)128(109(94)113(97)132-112(96)108(88)131(102)103-53-26-22-47-90(103)77-36-14-7-15-37-77)85-61-57-80(58-62-85)118-122-116(78-38-16-8-17-39-78)124-120(125-118)84-44-30-43-83(71-84)100-73-101-93-50-25-29-56-106(93)130(87-45-31-42-82(72-87)75-32-10-5-11-33-75)111(101)115-107(100)99-70-67-95-92-49-24-28-55-105(92)129(110(95)114(99)133-115)86-63-59-81(60-64-86)119-123-117(79-40-18-9-19-41-79)126-121(127-119)98-51-21-20-46-89(98)76-34-12-6-13-35-76/h3-73H,1H2,2H3/b52-4-. The van der Waals surface area contributed by atoms with Gasteiger partial charge in [-0.15, -0.1) is 22.7 Å². The zero-order valence-corrected chi connectivity index (χ0v) is 73.6. The van der Waals surface area contributed by atoms with Crippen molar-refractivity contribution in [2.24, 2.45) is 0 Å². The summed E-state index contributed by atoms with van der Waals surface area (Å²) < 4.78 is 14.7. The lowest BCUT2D eigenvalue weighted by Gasteiger charge is -2.15. The number of nitrogens with zero attached hydrogens (tertiary/aromatic N) is 10. The van der Waals surface area contributed by atoms with Gasteiger partial charge in [-0.1, -0.05) is 334 Å². The van der Waals surface area contributed by atoms with Gasteiger partial charge in [-0.2, -0.15) is 0 Å². The Morgan fingerprint density at radius 2 is 0.609 bits per heavy atom. The van der Waals surface area contributed by atoms with Gasteiger partial charge in [0.25, 0.3) is 0 Å².